The van der Waals surface area contributed by atoms with Crippen LogP contribution in [0.3, 0.4) is 0 Å². The van der Waals surface area contributed by atoms with Crippen LogP contribution in [0, 0.1) is 0 Å². The van der Waals surface area contributed by atoms with E-state index in [1.165, 1.54) is 0 Å². The second-order valence-electron chi connectivity index (χ2n) is 5.98. The van der Waals surface area contributed by atoms with Gasteiger partial charge in [0.25, 0.3) is 0 Å². The summed E-state index contributed by atoms with van der Waals surface area (Å²) in [6.45, 7) is 1.79. The van der Waals surface area contributed by atoms with Crippen LogP contribution in [0.4, 0.5) is 5.69 Å². The minimum atomic E-state index is -0.641. The highest BCUT2D eigenvalue weighted by Crippen LogP contribution is 2.30. The third-order valence-corrected chi connectivity index (χ3v) is 5.49. The molecule has 1 aliphatic heterocycles. The average Bonchev–Trinajstić information content (AvgIpc) is 2.94. The average molecular weight is 435 g/mol. The first-order valence-corrected chi connectivity index (χ1v) is 9.91. The SMILES string of the molecule is CC(=NN=C(N)SC1CC(=O)N(c2ccc(Cl)cc2)C1=O)c1ccc(Cl)cc1. The zero-order chi connectivity index (χ0) is 20.3. The van der Waals surface area contributed by atoms with E-state index in [1.807, 2.05) is 12.1 Å². The molecule has 1 saturated heterocycles. The van der Waals surface area contributed by atoms with Crippen LogP contribution in [0.2, 0.25) is 10.0 Å². The number of anilines is 1. The molecule has 0 spiro atoms. The van der Waals surface area contributed by atoms with Gasteiger partial charge in [0.05, 0.1) is 11.4 Å². The summed E-state index contributed by atoms with van der Waals surface area (Å²) < 4.78 is 0. The molecule has 0 saturated carbocycles. The number of nitrogens with two attached hydrogens (primary N) is 1. The van der Waals surface area contributed by atoms with E-state index in [0.717, 1.165) is 22.2 Å². The van der Waals surface area contributed by atoms with Crippen molar-refractivity contribution in [1.82, 2.24) is 0 Å². The maximum Gasteiger partial charge on any atom is 0.247 e. The normalized spacial score (nSPS) is 18.1. The van der Waals surface area contributed by atoms with Gasteiger partial charge in [-0.25, -0.2) is 4.90 Å². The zero-order valence-electron chi connectivity index (χ0n) is 14.8. The Hall–Kier alpha value is -2.35. The molecule has 0 radical (unpaired) electrons. The van der Waals surface area contributed by atoms with Crippen molar-refractivity contribution in [3.05, 3.63) is 64.1 Å². The van der Waals surface area contributed by atoms with Gasteiger partial charge in [-0.1, -0.05) is 47.1 Å². The van der Waals surface area contributed by atoms with E-state index >= 15 is 0 Å². The van der Waals surface area contributed by atoms with Gasteiger partial charge in [-0.3, -0.25) is 9.59 Å². The molecule has 0 bridgehead atoms. The molecule has 3 rings (SSSR count). The lowest BCUT2D eigenvalue weighted by atomic mass is 10.1. The smallest absolute Gasteiger partial charge is 0.247 e. The van der Waals surface area contributed by atoms with Crippen molar-refractivity contribution in [3.8, 4) is 0 Å². The lowest BCUT2D eigenvalue weighted by molar-refractivity contribution is -0.121. The van der Waals surface area contributed by atoms with Crippen molar-refractivity contribution in [1.29, 1.82) is 0 Å². The monoisotopic (exact) mass is 434 g/mol. The minimum Gasteiger partial charge on any atom is -0.377 e. The second-order valence-corrected chi connectivity index (χ2v) is 8.08. The van der Waals surface area contributed by atoms with Gasteiger partial charge in [0, 0.05) is 16.5 Å². The largest absolute Gasteiger partial charge is 0.377 e. The zero-order valence-corrected chi connectivity index (χ0v) is 17.1. The molecule has 1 heterocycles. The molecule has 2 aromatic carbocycles. The molecule has 2 amide bonds. The fourth-order valence-corrected chi connectivity index (χ4v) is 3.66. The van der Waals surface area contributed by atoms with Gasteiger partial charge in [0.15, 0.2) is 5.17 Å². The molecule has 1 unspecified atom stereocenters. The number of rotatable bonds is 4. The number of carbonyl (C=O) groups is 2. The maximum atomic E-state index is 12.6. The van der Waals surface area contributed by atoms with E-state index in [-0.39, 0.29) is 23.4 Å². The van der Waals surface area contributed by atoms with Crippen LogP contribution in [-0.2, 0) is 9.59 Å². The van der Waals surface area contributed by atoms with Crippen LogP contribution < -0.4 is 10.6 Å². The van der Waals surface area contributed by atoms with Crippen LogP contribution in [0.1, 0.15) is 18.9 Å². The Morgan fingerprint density at radius 2 is 1.61 bits per heavy atom. The summed E-state index contributed by atoms with van der Waals surface area (Å²) in [6.07, 6.45) is 0.0439. The topological polar surface area (TPSA) is 88.1 Å². The Morgan fingerprint density at radius 1 is 1.04 bits per heavy atom. The summed E-state index contributed by atoms with van der Waals surface area (Å²) in [5.41, 5.74) is 7.89. The highest BCUT2D eigenvalue weighted by atomic mass is 35.5. The lowest BCUT2D eigenvalue weighted by Crippen LogP contribution is -2.31. The third-order valence-electron chi connectivity index (χ3n) is 4.01. The van der Waals surface area contributed by atoms with Gasteiger partial charge in [0.1, 0.15) is 5.25 Å². The lowest BCUT2D eigenvalue weighted by Gasteiger charge is -2.14. The number of hydrogen-bond donors (Lipinski definition) is 1. The quantitative estimate of drug-likeness (QED) is 0.339. The second kappa shape index (κ2) is 8.77. The first kappa shape index (κ1) is 20.4. The van der Waals surface area contributed by atoms with Gasteiger partial charge in [-0.2, -0.15) is 5.10 Å². The molecule has 144 valence electrons. The molecular weight excluding hydrogens is 419 g/mol. The van der Waals surface area contributed by atoms with Crippen molar-refractivity contribution < 1.29 is 9.59 Å². The predicted molar refractivity (Wildman–Crippen MR) is 115 cm³/mol. The van der Waals surface area contributed by atoms with E-state index in [4.69, 9.17) is 28.9 Å². The molecule has 0 aromatic heterocycles. The van der Waals surface area contributed by atoms with E-state index in [1.54, 1.807) is 43.3 Å². The molecule has 6 nitrogen and oxygen atoms in total. The first-order valence-electron chi connectivity index (χ1n) is 8.28. The molecule has 2 N–H and O–H groups in total. The van der Waals surface area contributed by atoms with Gasteiger partial charge >= 0.3 is 0 Å². The molecule has 0 aliphatic carbocycles. The summed E-state index contributed by atoms with van der Waals surface area (Å²) in [4.78, 5) is 26.0. The molecule has 1 aliphatic rings. The van der Waals surface area contributed by atoms with E-state index in [2.05, 4.69) is 10.2 Å². The van der Waals surface area contributed by atoms with Crippen molar-refractivity contribution in [2.75, 3.05) is 4.90 Å². The van der Waals surface area contributed by atoms with E-state index in [0.29, 0.717) is 21.4 Å². The summed E-state index contributed by atoms with van der Waals surface area (Å²) >= 11 is 12.7. The number of amides is 2. The fourth-order valence-electron chi connectivity index (χ4n) is 2.60. The number of halogens is 2. The predicted octanol–water partition coefficient (Wildman–Crippen LogP) is 4.10. The van der Waals surface area contributed by atoms with Crippen molar-refractivity contribution in [2.45, 2.75) is 18.6 Å². The van der Waals surface area contributed by atoms with E-state index in [9.17, 15) is 9.59 Å². The molecular formula is C19H16Cl2N4O2S. The molecule has 2 aromatic rings. The number of imide groups is 1. The van der Waals surface area contributed by atoms with Crippen LogP contribution in [0.25, 0.3) is 0 Å². The van der Waals surface area contributed by atoms with Gasteiger partial charge in [-0.15, -0.1) is 5.10 Å². The standard InChI is InChI=1S/C19H16Cl2N4O2S/c1-11(12-2-4-13(20)5-3-12)23-24-19(22)28-16-10-17(26)25(18(16)27)15-8-6-14(21)7-9-15/h2-9,16H,10H2,1H3,(H2,22,24). The summed E-state index contributed by atoms with van der Waals surface area (Å²) in [5.74, 6) is -0.632. The highest BCUT2D eigenvalue weighted by Gasteiger charge is 2.40. The Balaban J connectivity index is 1.69. The number of hydrogen-bond acceptors (Lipinski definition) is 5. The summed E-state index contributed by atoms with van der Waals surface area (Å²) in [5, 5.41) is 8.68. The fraction of sp³-hybridized carbons (Fsp3) is 0.158. The van der Waals surface area contributed by atoms with Gasteiger partial charge < -0.3 is 5.73 Å². The number of thioether (sulfide) groups is 1. The molecule has 28 heavy (non-hydrogen) atoms. The first-order chi connectivity index (χ1) is 13.3. The van der Waals surface area contributed by atoms with Crippen LogP contribution in [-0.4, -0.2) is 27.9 Å². The highest BCUT2D eigenvalue weighted by molar-refractivity contribution is 8.14. The van der Waals surface area contributed by atoms with Crippen LogP contribution in [0.15, 0.2) is 58.7 Å². The van der Waals surface area contributed by atoms with Crippen molar-refractivity contribution in [2.24, 2.45) is 15.9 Å². The third kappa shape index (κ3) is 4.73. The summed E-state index contributed by atoms with van der Waals surface area (Å²) in [6, 6.07) is 13.7. The number of nitrogens with zero attached hydrogens (tertiary/aromatic N) is 3. The van der Waals surface area contributed by atoms with Crippen molar-refractivity contribution >= 4 is 63.3 Å². The van der Waals surface area contributed by atoms with Gasteiger partial charge in [-0.05, 0) is 48.9 Å². The Bertz CT molecular complexity index is 959. The van der Waals surface area contributed by atoms with Crippen LogP contribution >= 0.6 is 35.0 Å². The van der Waals surface area contributed by atoms with Crippen LogP contribution in [0.5, 0.6) is 0 Å². The molecule has 1 fully saturated rings. The van der Waals surface area contributed by atoms with E-state index < -0.39 is 5.25 Å². The van der Waals surface area contributed by atoms with Gasteiger partial charge in [0.2, 0.25) is 11.8 Å². The Morgan fingerprint density at radius 3 is 2.21 bits per heavy atom. The minimum absolute atomic E-state index is 0.0439. The molecule has 1 atom stereocenters. The Labute approximate surface area is 176 Å². The van der Waals surface area contributed by atoms with Crippen molar-refractivity contribution in [3.63, 3.8) is 0 Å². The summed E-state index contributed by atoms with van der Waals surface area (Å²) in [7, 11) is 0. The Kier molecular flexibility index (Phi) is 6.39. The number of amidine groups is 1. The maximum absolute atomic E-state index is 12.6. The molecule has 9 heteroatoms. The number of benzene rings is 2. The number of carbonyl (C=O) groups excluding carboxylic acids is 2.